The highest BCUT2D eigenvalue weighted by Crippen LogP contribution is 2.41. The molecule has 0 saturated heterocycles. The third-order valence-electron chi connectivity index (χ3n) is 29.4. The van der Waals surface area contributed by atoms with Crippen LogP contribution >= 0.6 is 0 Å². The average Bonchev–Trinajstić information content (AvgIpc) is 1.61. The molecule has 0 fully saturated rings. The molecular formula is C128H194N8O8. The van der Waals surface area contributed by atoms with Gasteiger partial charge in [0.25, 0.3) is 23.6 Å². The second-order valence-electron chi connectivity index (χ2n) is 42.0. The molecule has 4 aromatic carbocycles. The van der Waals surface area contributed by atoms with Crippen LogP contribution in [0, 0.1) is 0 Å². The molecule has 0 unspecified atom stereocenters. The fraction of sp³-hybridized carbons (Fsp3) is 0.625. The molecule has 2 aliphatic rings. The van der Waals surface area contributed by atoms with E-state index in [1.807, 2.05) is 125 Å². The average molecular weight is 1970 g/mol. The van der Waals surface area contributed by atoms with Crippen molar-refractivity contribution >= 4 is 70.0 Å². The quantitative estimate of drug-likeness (QED) is 0.0199. The summed E-state index contributed by atoms with van der Waals surface area (Å²) in [6.45, 7) is 18.9. The minimum absolute atomic E-state index is 0.138. The van der Waals surface area contributed by atoms with Crippen molar-refractivity contribution in [1.29, 1.82) is 0 Å². The number of carbonyl (C=O) groups is 4. The fourth-order valence-electron chi connectivity index (χ4n) is 20.4. The van der Waals surface area contributed by atoms with Gasteiger partial charge in [-0.2, -0.15) is 0 Å². The lowest BCUT2D eigenvalue weighted by Crippen LogP contribution is -2.36. The van der Waals surface area contributed by atoms with Gasteiger partial charge in [0.1, 0.15) is 23.0 Å². The molecule has 4 atom stereocenters. The van der Waals surface area contributed by atoms with E-state index in [0.29, 0.717) is 72.0 Å². The van der Waals surface area contributed by atoms with Crippen molar-refractivity contribution in [2.24, 2.45) is 0 Å². The number of nitrogens with one attached hydrogen (secondary N) is 6. The molecule has 0 radical (unpaired) electrons. The van der Waals surface area contributed by atoms with Crippen molar-refractivity contribution in [2.75, 3.05) is 26.2 Å². The fourth-order valence-corrected chi connectivity index (χ4v) is 20.4. The topological polar surface area (TPSA) is 211 Å². The van der Waals surface area contributed by atoms with Crippen molar-refractivity contribution in [3.05, 3.63) is 144 Å². The Morgan fingerprint density at radius 2 is 0.347 bits per heavy atom. The number of H-pyrrole nitrogens is 2. The predicted molar refractivity (Wildman–Crippen MR) is 611 cm³/mol. The van der Waals surface area contributed by atoms with Gasteiger partial charge in [-0.25, -0.2) is 9.97 Å². The highest BCUT2D eigenvalue weighted by atomic mass is 16.5. The minimum Gasteiger partial charge on any atom is -0.481 e. The molecule has 3 aromatic heterocycles. The Kier molecular flexibility index (Phi) is 60.4. The number of nitrogens with zero attached hydrogens (tertiary/aromatic N) is 2. The summed E-state index contributed by atoms with van der Waals surface area (Å²) in [6.07, 6.45) is 88.6. The van der Waals surface area contributed by atoms with Crippen LogP contribution in [-0.2, 0) is 19.2 Å². The molecule has 5 heterocycles. The van der Waals surface area contributed by atoms with Crippen LogP contribution in [0.15, 0.2) is 121 Å². The van der Waals surface area contributed by atoms with Crippen molar-refractivity contribution < 1.29 is 38.1 Å². The van der Waals surface area contributed by atoms with E-state index in [-0.39, 0.29) is 23.6 Å². The number of hydrogen-bond donors (Lipinski definition) is 6. The summed E-state index contributed by atoms with van der Waals surface area (Å²) in [7, 11) is 0. The molecule has 6 N–H and O–H groups in total. The second kappa shape index (κ2) is 73.6. The van der Waals surface area contributed by atoms with Crippen LogP contribution in [0.25, 0.3) is 90.9 Å². The van der Waals surface area contributed by atoms with Gasteiger partial charge in [0, 0.05) is 70.5 Å². The van der Waals surface area contributed by atoms with Gasteiger partial charge in [-0.3, -0.25) is 19.2 Å². The molecule has 16 heteroatoms. The van der Waals surface area contributed by atoms with Crippen LogP contribution in [-0.4, -0.2) is 94.2 Å². The number of rotatable bonds is 84. The zero-order valence-electron chi connectivity index (χ0n) is 91.4. The van der Waals surface area contributed by atoms with Crippen molar-refractivity contribution in [3.8, 4) is 67.5 Å². The summed E-state index contributed by atoms with van der Waals surface area (Å²) in [4.78, 5) is 73.8. The Hall–Kier alpha value is -9.44. The number of aromatic amines is 2. The molecule has 144 heavy (non-hydrogen) atoms. The van der Waals surface area contributed by atoms with Gasteiger partial charge in [-0.15, -0.1) is 0 Å². The first-order valence-corrected chi connectivity index (χ1v) is 59.1. The van der Waals surface area contributed by atoms with E-state index in [9.17, 15) is 19.2 Å². The van der Waals surface area contributed by atoms with Crippen LogP contribution in [0.2, 0.25) is 0 Å². The SMILES string of the molecule is CCCCCCCCCCCCCCCCCCNC(=O)[C@@H](C)Oc1ccc(-c2c3nc(c(-c4ccc(O[C@H](C)C(=O)NCCCCCCCCCCCCCCCCCC)cc4)c4ccc([nH]4)c(-c4ccc(O[C@H](C)C(=O)NCCCCCCCCCCCCCCCCCC)cc4)c4nc(c(-c5ccc(O[C@H](C)C(=O)NCCCCCCCCCCCCCCCCCC)cc5)c5ccc2[nH]5)C=C4)C=C3)cc1. The van der Waals surface area contributed by atoms with Crippen molar-refractivity contribution in [1.82, 2.24) is 41.2 Å². The summed E-state index contributed by atoms with van der Waals surface area (Å²) in [5.74, 6) is 1.72. The Balaban J connectivity index is 0.948. The summed E-state index contributed by atoms with van der Waals surface area (Å²) in [5, 5.41) is 12.6. The van der Waals surface area contributed by atoms with Gasteiger partial charge >= 0.3 is 0 Å². The van der Waals surface area contributed by atoms with Gasteiger partial charge in [0.2, 0.25) is 0 Å². The molecule has 794 valence electrons. The zero-order valence-corrected chi connectivity index (χ0v) is 91.4. The van der Waals surface area contributed by atoms with Gasteiger partial charge in [-0.05, 0) is 173 Å². The number of aromatic nitrogens is 4. The Labute approximate surface area is 872 Å². The number of benzene rings is 4. The molecule has 9 rings (SSSR count). The molecular weight excluding hydrogens is 1780 g/mol. The number of ether oxygens (including phenoxy) is 4. The van der Waals surface area contributed by atoms with E-state index in [0.717, 1.165) is 118 Å². The van der Waals surface area contributed by atoms with E-state index >= 15 is 0 Å². The molecule has 0 spiro atoms. The molecule has 8 bridgehead atoms. The van der Waals surface area contributed by atoms with Crippen LogP contribution in [0.3, 0.4) is 0 Å². The minimum atomic E-state index is -0.718. The molecule has 0 saturated carbocycles. The first-order valence-electron chi connectivity index (χ1n) is 59.1. The van der Waals surface area contributed by atoms with Gasteiger partial charge in [0.05, 0.1) is 22.8 Å². The van der Waals surface area contributed by atoms with Gasteiger partial charge in [-0.1, -0.05) is 461 Å². The van der Waals surface area contributed by atoms with Crippen LogP contribution in [0.1, 0.15) is 489 Å². The van der Waals surface area contributed by atoms with Gasteiger partial charge < -0.3 is 50.2 Å². The molecule has 2 aliphatic heterocycles. The number of carbonyl (C=O) groups excluding carboxylic acids is 4. The highest BCUT2D eigenvalue weighted by molar-refractivity contribution is 6.00. The summed E-state index contributed by atoms with van der Waals surface area (Å²) in [6, 6.07) is 40.2. The highest BCUT2D eigenvalue weighted by Gasteiger charge is 2.25. The molecule has 16 nitrogen and oxygen atoms in total. The van der Waals surface area contributed by atoms with E-state index in [2.05, 4.69) is 107 Å². The standard InChI is InChI=1S/C128H194N8O8/c1-9-13-17-21-25-29-33-37-41-45-49-53-57-61-65-69-97-129-125(137)101(5)141-109-81-73-105(74-82-109)121-113-89-91-115(133-113)122(106-75-83-110(84-76-106)142-102(6)126(138)130-98-70-66-62-58-54-50-46-42-38-34-30-26-22-18-14-10-2)117-93-95-119(135-117)124(108-79-87-112(88-80-108)144-104(8)128(140)132-100-72-68-64-60-56-52-48-44-40-36-32-28-24-20-16-12-4)120-96-94-118(136-120)123(116-92-90-114(121)134-116)107-77-85-111(86-78-107)143-103(7)127(139)131-99-71-67-63-59-55-51-47-43-39-35-31-27-23-19-15-11-3/h73-96,101-104,133,136H,9-72,97-100H2,1-8H3,(H,129,137)(H,130,138)(H,131,139)(H,132,140)/t101-,102-,103-,104-/m1/s1. The van der Waals surface area contributed by atoms with E-state index in [1.165, 1.54) is 360 Å². The lowest BCUT2D eigenvalue weighted by atomic mass is 10.0. The molecule has 7 aromatic rings. The number of hydrogen-bond acceptors (Lipinski definition) is 10. The first kappa shape index (κ1) is 118. The van der Waals surface area contributed by atoms with Crippen LogP contribution in [0.5, 0.6) is 23.0 Å². The second-order valence-corrected chi connectivity index (χ2v) is 42.0. The Morgan fingerprint density at radius 3 is 0.493 bits per heavy atom. The normalized spacial score (nSPS) is 12.6. The Bertz CT molecular complexity index is 4280. The van der Waals surface area contributed by atoms with Crippen molar-refractivity contribution in [2.45, 2.75) is 491 Å². The summed E-state index contributed by atoms with van der Waals surface area (Å²) in [5.41, 5.74) is 12.8. The Morgan fingerprint density at radius 1 is 0.208 bits per heavy atom. The number of unbranched alkanes of at least 4 members (excludes halogenated alkanes) is 60. The lowest BCUT2D eigenvalue weighted by molar-refractivity contribution is -0.127. The maximum absolute atomic E-state index is 13.7. The van der Waals surface area contributed by atoms with E-state index in [4.69, 9.17) is 28.9 Å². The largest absolute Gasteiger partial charge is 0.481 e. The third-order valence-corrected chi connectivity index (χ3v) is 29.4. The zero-order chi connectivity index (χ0) is 102. The summed E-state index contributed by atoms with van der Waals surface area (Å²) >= 11 is 0. The van der Waals surface area contributed by atoms with Crippen LogP contribution in [0.4, 0.5) is 0 Å². The monoisotopic (exact) mass is 1970 g/mol. The first-order chi connectivity index (χ1) is 70.7. The third kappa shape index (κ3) is 46.3. The molecule has 0 aliphatic carbocycles. The van der Waals surface area contributed by atoms with Gasteiger partial charge in [0.15, 0.2) is 24.4 Å². The van der Waals surface area contributed by atoms with E-state index in [1.54, 1.807) is 0 Å². The van der Waals surface area contributed by atoms with Crippen LogP contribution < -0.4 is 40.2 Å². The number of amides is 4. The maximum atomic E-state index is 13.7. The van der Waals surface area contributed by atoms with E-state index < -0.39 is 24.4 Å². The lowest BCUT2D eigenvalue weighted by Gasteiger charge is -2.15. The number of fused-ring (bicyclic) bond motifs is 8. The smallest absolute Gasteiger partial charge is 0.260 e. The van der Waals surface area contributed by atoms with Crippen molar-refractivity contribution in [3.63, 3.8) is 0 Å². The summed E-state index contributed by atoms with van der Waals surface area (Å²) < 4.78 is 25.7. The predicted octanol–water partition coefficient (Wildman–Crippen LogP) is 35.9. The molecule has 4 amide bonds. The maximum Gasteiger partial charge on any atom is 0.260 e.